The van der Waals surface area contributed by atoms with Gasteiger partial charge in [0.25, 0.3) is 10.1 Å². The minimum atomic E-state index is -3.39. The average molecular weight is 226 g/mol. The van der Waals surface area contributed by atoms with Crippen LogP contribution >= 0.6 is 0 Å². The first-order valence-corrected chi connectivity index (χ1v) is 6.02. The second-order valence-corrected chi connectivity index (χ2v) is 4.58. The van der Waals surface area contributed by atoms with Crippen LogP contribution in [-0.2, 0) is 20.7 Å². The maximum absolute atomic E-state index is 10.7. The number of nitriles is 1. The summed E-state index contributed by atoms with van der Waals surface area (Å²) in [5.41, 5.74) is 1.14. The molecule has 0 radical (unpaired) electrons. The Kier molecular flexibility index (Phi) is 3.77. The maximum Gasteiger partial charge on any atom is 0.264 e. The lowest BCUT2D eigenvalue weighted by molar-refractivity contribution is 0.326. The predicted molar refractivity (Wildman–Crippen MR) is 53.5 cm³/mol. The molecule has 80 valence electrons. The van der Waals surface area contributed by atoms with E-state index in [-0.39, 0.29) is 6.61 Å². The third-order valence-corrected chi connectivity index (χ3v) is 2.22. The first-order chi connectivity index (χ1) is 7.01. The van der Waals surface area contributed by atoms with E-state index in [1.54, 1.807) is 12.1 Å². The van der Waals surface area contributed by atoms with Crippen molar-refractivity contribution in [3.8, 4) is 6.07 Å². The Morgan fingerprint density at radius 3 is 2.93 bits per heavy atom. The lowest BCUT2D eigenvalue weighted by atomic mass is 10.2. The summed E-state index contributed by atoms with van der Waals surface area (Å²) >= 11 is 0. The molecule has 0 unspecified atom stereocenters. The molecule has 15 heavy (non-hydrogen) atoms. The van der Waals surface area contributed by atoms with Crippen molar-refractivity contribution in [1.82, 2.24) is 4.98 Å². The summed E-state index contributed by atoms with van der Waals surface area (Å²) < 4.78 is 25.9. The maximum atomic E-state index is 10.7. The summed E-state index contributed by atoms with van der Waals surface area (Å²) in [5, 5.41) is 8.58. The fourth-order valence-electron chi connectivity index (χ4n) is 1.00. The molecule has 0 N–H and O–H groups in total. The summed E-state index contributed by atoms with van der Waals surface area (Å²) in [6.45, 7) is 0.0771. The Hall–Kier alpha value is -1.45. The largest absolute Gasteiger partial charge is 0.270 e. The first-order valence-electron chi connectivity index (χ1n) is 4.21. The van der Waals surface area contributed by atoms with Crippen molar-refractivity contribution in [2.24, 2.45) is 0 Å². The number of nitrogens with zero attached hydrogens (tertiary/aromatic N) is 2. The van der Waals surface area contributed by atoms with Crippen molar-refractivity contribution in [3.63, 3.8) is 0 Å². The van der Waals surface area contributed by atoms with Gasteiger partial charge in [0.1, 0.15) is 11.8 Å². The molecule has 0 aromatic carbocycles. The lowest BCUT2D eigenvalue weighted by Gasteiger charge is -2.01. The van der Waals surface area contributed by atoms with Crippen molar-refractivity contribution in [3.05, 3.63) is 29.6 Å². The van der Waals surface area contributed by atoms with E-state index in [0.29, 0.717) is 12.1 Å². The summed E-state index contributed by atoms with van der Waals surface area (Å²) in [5.74, 6) is 0. The highest BCUT2D eigenvalue weighted by Crippen LogP contribution is 2.02. The third-order valence-electron chi connectivity index (χ3n) is 1.63. The Morgan fingerprint density at radius 2 is 2.33 bits per heavy atom. The zero-order chi connectivity index (χ0) is 11.3. The van der Waals surface area contributed by atoms with Crippen molar-refractivity contribution < 1.29 is 12.6 Å². The highest BCUT2D eigenvalue weighted by Gasteiger charge is 2.02. The topological polar surface area (TPSA) is 80.1 Å². The van der Waals surface area contributed by atoms with Gasteiger partial charge in [-0.05, 0) is 24.1 Å². The van der Waals surface area contributed by atoms with Crippen LogP contribution < -0.4 is 0 Å². The van der Waals surface area contributed by atoms with E-state index in [4.69, 9.17) is 5.26 Å². The minimum Gasteiger partial charge on any atom is -0.270 e. The molecule has 1 rings (SSSR count). The normalized spacial score (nSPS) is 10.9. The SMILES string of the molecule is CS(=O)(=O)OCCc1ccnc(C#N)c1. The Morgan fingerprint density at radius 1 is 1.60 bits per heavy atom. The highest BCUT2D eigenvalue weighted by molar-refractivity contribution is 7.85. The van der Waals surface area contributed by atoms with E-state index < -0.39 is 10.1 Å². The molecule has 0 aliphatic heterocycles. The summed E-state index contributed by atoms with van der Waals surface area (Å²) in [4.78, 5) is 3.79. The van der Waals surface area contributed by atoms with E-state index in [9.17, 15) is 8.42 Å². The van der Waals surface area contributed by atoms with E-state index in [1.165, 1.54) is 6.20 Å². The van der Waals surface area contributed by atoms with Gasteiger partial charge in [-0.25, -0.2) is 4.98 Å². The monoisotopic (exact) mass is 226 g/mol. The van der Waals surface area contributed by atoms with Gasteiger partial charge >= 0.3 is 0 Å². The highest BCUT2D eigenvalue weighted by atomic mass is 32.2. The van der Waals surface area contributed by atoms with Crippen LogP contribution in [0.4, 0.5) is 0 Å². The Bertz CT molecular complexity index is 476. The van der Waals surface area contributed by atoms with E-state index in [2.05, 4.69) is 9.17 Å². The fourth-order valence-corrected chi connectivity index (χ4v) is 1.39. The van der Waals surface area contributed by atoms with Crippen LogP contribution in [0.1, 0.15) is 11.3 Å². The molecule has 0 saturated heterocycles. The van der Waals surface area contributed by atoms with Crippen LogP contribution in [0.15, 0.2) is 18.3 Å². The van der Waals surface area contributed by atoms with Crippen molar-refractivity contribution in [2.75, 3.05) is 12.9 Å². The van der Waals surface area contributed by atoms with Gasteiger partial charge in [-0.3, -0.25) is 4.18 Å². The van der Waals surface area contributed by atoms with E-state index in [0.717, 1.165) is 11.8 Å². The number of hydrogen-bond acceptors (Lipinski definition) is 5. The van der Waals surface area contributed by atoms with Gasteiger partial charge in [0.15, 0.2) is 0 Å². The van der Waals surface area contributed by atoms with Crippen molar-refractivity contribution in [1.29, 1.82) is 5.26 Å². The summed E-state index contributed by atoms with van der Waals surface area (Å²) in [7, 11) is -3.39. The molecule has 0 aliphatic rings. The zero-order valence-electron chi connectivity index (χ0n) is 8.17. The van der Waals surface area contributed by atoms with E-state index >= 15 is 0 Å². The van der Waals surface area contributed by atoms with Crippen molar-refractivity contribution in [2.45, 2.75) is 6.42 Å². The van der Waals surface area contributed by atoms with Gasteiger partial charge in [0.2, 0.25) is 0 Å². The molecule has 1 heterocycles. The van der Waals surface area contributed by atoms with Gasteiger partial charge in [0, 0.05) is 6.20 Å². The number of hydrogen-bond donors (Lipinski definition) is 0. The molecule has 0 fully saturated rings. The molecule has 6 heteroatoms. The third kappa shape index (κ3) is 4.54. The van der Waals surface area contributed by atoms with Crippen molar-refractivity contribution >= 4 is 10.1 Å². The molecule has 0 amide bonds. The van der Waals surface area contributed by atoms with Gasteiger partial charge in [-0.2, -0.15) is 13.7 Å². The first kappa shape index (κ1) is 11.6. The van der Waals surface area contributed by atoms with Crippen LogP contribution in [0.3, 0.4) is 0 Å². The molecule has 0 spiro atoms. The Balaban J connectivity index is 2.55. The van der Waals surface area contributed by atoms with E-state index in [1.807, 2.05) is 6.07 Å². The molecule has 1 aromatic heterocycles. The number of pyridine rings is 1. The molecule has 0 aliphatic carbocycles. The number of aromatic nitrogens is 1. The molecular formula is C9H10N2O3S. The standard InChI is InChI=1S/C9H10N2O3S/c1-15(12,13)14-5-3-8-2-4-11-9(6-8)7-10/h2,4,6H,3,5H2,1H3. The summed E-state index contributed by atoms with van der Waals surface area (Å²) in [6.07, 6.45) is 2.94. The van der Waals surface area contributed by atoms with Gasteiger partial charge in [-0.1, -0.05) is 0 Å². The van der Waals surface area contributed by atoms with Crippen LogP contribution in [0.2, 0.25) is 0 Å². The summed E-state index contributed by atoms with van der Waals surface area (Å²) in [6, 6.07) is 5.22. The fraction of sp³-hybridized carbons (Fsp3) is 0.333. The molecular weight excluding hydrogens is 216 g/mol. The predicted octanol–water partition coefficient (Wildman–Crippen LogP) is 0.472. The second kappa shape index (κ2) is 4.87. The zero-order valence-corrected chi connectivity index (χ0v) is 8.99. The van der Waals surface area contributed by atoms with Crippen LogP contribution in [0.25, 0.3) is 0 Å². The van der Waals surface area contributed by atoms with Crippen LogP contribution in [0, 0.1) is 11.3 Å². The molecule has 0 saturated carbocycles. The van der Waals surface area contributed by atoms with Gasteiger partial charge < -0.3 is 0 Å². The molecule has 0 atom stereocenters. The number of rotatable bonds is 4. The average Bonchev–Trinajstić information content (AvgIpc) is 2.16. The molecule has 5 nitrogen and oxygen atoms in total. The Labute approximate surface area is 88.5 Å². The second-order valence-electron chi connectivity index (χ2n) is 2.94. The van der Waals surface area contributed by atoms with Crippen LogP contribution in [0.5, 0.6) is 0 Å². The molecule has 0 bridgehead atoms. The minimum absolute atomic E-state index is 0.0771. The van der Waals surface area contributed by atoms with Gasteiger partial charge in [0.05, 0.1) is 12.9 Å². The lowest BCUT2D eigenvalue weighted by Crippen LogP contribution is -2.06. The smallest absolute Gasteiger partial charge is 0.264 e. The van der Waals surface area contributed by atoms with Crippen LogP contribution in [-0.4, -0.2) is 26.3 Å². The van der Waals surface area contributed by atoms with Gasteiger partial charge in [-0.15, -0.1) is 0 Å². The quantitative estimate of drug-likeness (QED) is 0.697. The molecule has 1 aromatic rings.